The van der Waals surface area contributed by atoms with Gasteiger partial charge in [0.2, 0.25) is 5.91 Å². The zero-order chi connectivity index (χ0) is 14.3. The summed E-state index contributed by atoms with van der Waals surface area (Å²) in [7, 11) is 1.85. The second-order valence-corrected chi connectivity index (χ2v) is 5.37. The topological polar surface area (TPSA) is 59.2 Å². The normalized spacial score (nSPS) is 12.5. The van der Waals surface area contributed by atoms with Crippen LogP contribution in [0.15, 0.2) is 24.5 Å². The summed E-state index contributed by atoms with van der Waals surface area (Å²) >= 11 is 0. The fourth-order valence-electron chi connectivity index (χ4n) is 1.79. The Morgan fingerprint density at radius 1 is 1.37 bits per heavy atom. The molecule has 0 aliphatic heterocycles. The molecule has 0 fully saturated rings. The molecule has 2 N–H and O–H groups in total. The molecule has 4 heteroatoms. The van der Waals surface area contributed by atoms with Crippen LogP contribution in [0.4, 0.5) is 0 Å². The maximum Gasteiger partial charge on any atom is 0.222 e. The summed E-state index contributed by atoms with van der Waals surface area (Å²) in [5.74, 6) is 0.632. The smallest absolute Gasteiger partial charge is 0.222 e. The third kappa shape index (κ3) is 5.83. The second kappa shape index (κ2) is 7.89. The summed E-state index contributed by atoms with van der Waals surface area (Å²) in [6.45, 7) is 4.94. The van der Waals surface area contributed by atoms with Crippen molar-refractivity contribution in [3.8, 4) is 0 Å². The minimum Gasteiger partial charge on any atom is -0.346 e. The number of carbonyl (C=O) groups is 1. The van der Waals surface area contributed by atoms with E-state index in [4.69, 9.17) is 5.73 Å². The number of aromatic nitrogens is 1. The quantitative estimate of drug-likeness (QED) is 0.816. The molecule has 0 radical (unpaired) electrons. The fourth-order valence-corrected chi connectivity index (χ4v) is 1.79. The van der Waals surface area contributed by atoms with Crippen LogP contribution in [0.3, 0.4) is 0 Å². The highest BCUT2D eigenvalue weighted by Crippen LogP contribution is 2.06. The summed E-state index contributed by atoms with van der Waals surface area (Å²) in [5.41, 5.74) is 7.13. The highest BCUT2D eigenvalue weighted by molar-refractivity contribution is 5.76. The van der Waals surface area contributed by atoms with Gasteiger partial charge in [0.1, 0.15) is 0 Å². The van der Waals surface area contributed by atoms with E-state index in [9.17, 15) is 4.79 Å². The number of nitrogens with zero attached hydrogens (tertiary/aromatic N) is 2. The predicted octanol–water partition coefficient (Wildman–Crippen LogP) is 1.85. The molecule has 1 aromatic heterocycles. The van der Waals surface area contributed by atoms with E-state index < -0.39 is 0 Å². The number of carbonyl (C=O) groups excluding carboxylic acids is 1. The van der Waals surface area contributed by atoms with Crippen LogP contribution in [0, 0.1) is 5.92 Å². The van der Waals surface area contributed by atoms with Crippen LogP contribution in [0.25, 0.3) is 0 Å². The van der Waals surface area contributed by atoms with Gasteiger partial charge in [0, 0.05) is 38.4 Å². The highest BCUT2D eigenvalue weighted by Gasteiger charge is 2.12. The van der Waals surface area contributed by atoms with Crippen molar-refractivity contribution in [2.24, 2.45) is 11.7 Å². The third-order valence-electron chi connectivity index (χ3n) is 3.46. The summed E-state index contributed by atoms with van der Waals surface area (Å²) in [5, 5.41) is 0. The molecule has 0 aromatic carbocycles. The molecular weight excluding hydrogens is 238 g/mol. The average molecular weight is 263 g/mol. The van der Waals surface area contributed by atoms with Gasteiger partial charge in [-0.3, -0.25) is 9.78 Å². The molecular formula is C15H25N3O. The number of nitrogens with two attached hydrogens (primary N) is 1. The molecule has 1 amide bonds. The fraction of sp³-hybridized carbons (Fsp3) is 0.600. The van der Waals surface area contributed by atoms with Gasteiger partial charge in [0.25, 0.3) is 0 Å². The van der Waals surface area contributed by atoms with E-state index in [1.807, 2.05) is 19.2 Å². The van der Waals surface area contributed by atoms with Crippen molar-refractivity contribution in [2.45, 2.75) is 39.2 Å². The van der Waals surface area contributed by atoms with Crippen LogP contribution >= 0.6 is 0 Å². The first-order valence-corrected chi connectivity index (χ1v) is 6.89. The average Bonchev–Trinajstić information content (AvgIpc) is 2.42. The Labute approximate surface area is 116 Å². The molecule has 1 unspecified atom stereocenters. The lowest BCUT2D eigenvalue weighted by molar-refractivity contribution is -0.129. The minimum absolute atomic E-state index is 0.162. The summed E-state index contributed by atoms with van der Waals surface area (Å²) in [6.07, 6.45) is 5.67. The number of rotatable bonds is 7. The van der Waals surface area contributed by atoms with Gasteiger partial charge in [-0.15, -0.1) is 0 Å². The summed E-state index contributed by atoms with van der Waals surface area (Å²) in [6, 6.07) is 4.06. The van der Waals surface area contributed by atoms with Gasteiger partial charge in [0.05, 0.1) is 0 Å². The maximum atomic E-state index is 12.0. The largest absolute Gasteiger partial charge is 0.346 e. The standard InChI is InChI=1S/C15H25N3O/c1-12(2)14(16)8-11-18(3)15(19)5-4-13-6-9-17-10-7-13/h6-7,9-10,12,14H,4-5,8,11,16H2,1-3H3. The molecule has 1 heterocycles. The van der Waals surface area contributed by atoms with E-state index in [2.05, 4.69) is 18.8 Å². The molecule has 0 saturated carbocycles. The molecule has 1 rings (SSSR count). The van der Waals surface area contributed by atoms with Gasteiger partial charge in [-0.25, -0.2) is 0 Å². The van der Waals surface area contributed by atoms with Crippen LogP contribution < -0.4 is 5.73 Å². The van der Waals surface area contributed by atoms with Crippen LogP contribution in [0.2, 0.25) is 0 Å². The van der Waals surface area contributed by atoms with E-state index >= 15 is 0 Å². The first kappa shape index (κ1) is 15.6. The molecule has 0 aliphatic rings. The molecule has 0 spiro atoms. The van der Waals surface area contributed by atoms with E-state index in [1.54, 1.807) is 17.3 Å². The van der Waals surface area contributed by atoms with Crippen molar-refractivity contribution < 1.29 is 4.79 Å². The van der Waals surface area contributed by atoms with Crippen molar-refractivity contribution in [1.29, 1.82) is 0 Å². The highest BCUT2D eigenvalue weighted by atomic mass is 16.2. The van der Waals surface area contributed by atoms with Crippen molar-refractivity contribution in [1.82, 2.24) is 9.88 Å². The zero-order valence-corrected chi connectivity index (χ0v) is 12.2. The number of amides is 1. The van der Waals surface area contributed by atoms with Crippen LogP contribution in [-0.4, -0.2) is 35.4 Å². The Morgan fingerprint density at radius 3 is 2.58 bits per heavy atom. The van der Waals surface area contributed by atoms with Crippen molar-refractivity contribution in [3.05, 3.63) is 30.1 Å². The van der Waals surface area contributed by atoms with Crippen LogP contribution in [-0.2, 0) is 11.2 Å². The lowest BCUT2D eigenvalue weighted by Gasteiger charge is -2.21. The SMILES string of the molecule is CC(C)C(N)CCN(C)C(=O)CCc1ccncc1. The molecule has 1 atom stereocenters. The van der Waals surface area contributed by atoms with Gasteiger partial charge in [-0.1, -0.05) is 13.8 Å². The Balaban J connectivity index is 2.29. The van der Waals surface area contributed by atoms with Gasteiger partial charge < -0.3 is 10.6 Å². The predicted molar refractivity (Wildman–Crippen MR) is 77.6 cm³/mol. The van der Waals surface area contributed by atoms with Gasteiger partial charge in [0.15, 0.2) is 0 Å². The molecule has 4 nitrogen and oxygen atoms in total. The summed E-state index contributed by atoms with van der Waals surface area (Å²) in [4.78, 5) is 17.7. The molecule has 0 aliphatic carbocycles. The van der Waals surface area contributed by atoms with Gasteiger partial charge in [-0.2, -0.15) is 0 Å². The lowest BCUT2D eigenvalue weighted by atomic mass is 10.0. The first-order chi connectivity index (χ1) is 9.00. The third-order valence-corrected chi connectivity index (χ3v) is 3.46. The van der Waals surface area contributed by atoms with Gasteiger partial charge >= 0.3 is 0 Å². The van der Waals surface area contributed by atoms with E-state index in [-0.39, 0.29) is 11.9 Å². The van der Waals surface area contributed by atoms with E-state index in [0.29, 0.717) is 12.3 Å². The number of hydrogen-bond donors (Lipinski definition) is 1. The second-order valence-electron chi connectivity index (χ2n) is 5.37. The van der Waals surface area contributed by atoms with E-state index in [0.717, 1.165) is 24.9 Å². The van der Waals surface area contributed by atoms with Crippen molar-refractivity contribution >= 4 is 5.91 Å². The van der Waals surface area contributed by atoms with Crippen molar-refractivity contribution in [2.75, 3.05) is 13.6 Å². The summed E-state index contributed by atoms with van der Waals surface area (Å²) < 4.78 is 0. The molecule has 0 saturated heterocycles. The molecule has 19 heavy (non-hydrogen) atoms. The Kier molecular flexibility index (Phi) is 6.50. The molecule has 1 aromatic rings. The molecule has 0 bridgehead atoms. The van der Waals surface area contributed by atoms with Crippen molar-refractivity contribution in [3.63, 3.8) is 0 Å². The number of pyridine rings is 1. The number of hydrogen-bond acceptors (Lipinski definition) is 3. The monoisotopic (exact) mass is 263 g/mol. The maximum absolute atomic E-state index is 12.0. The molecule has 106 valence electrons. The minimum atomic E-state index is 0.162. The Hall–Kier alpha value is -1.42. The zero-order valence-electron chi connectivity index (χ0n) is 12.2. The van der Waals surface area contributed by atoms with Crippen LogP contribution in [0.5, 0.6) is 0 Å². The van der Waals surface area contributed by atoms with Gasteiger partial charge in [-0.05, 0) is 36.5 Å². The first-order valence-electron chi connectivity index (χ1n) is 6.89. The number of aryl methyl sites for hydroxylation is 1. The Morgan fingerprint density at radius 2 is 2.00 bits per heavy atom. The lowest BCUT2D eigenvalue weighted by Crippen LogP contribution is -2.34. The van der Waals surface area contributed by atoms with E-state index in [1.165, 1.54) is 0 Å². The van der Waals surface area contributed by atoms with Crippen LogP contribution in [0.1, 0.15) is 32.3 Å². The Bertz CT molecular complexity index is 378.